The van der Waals surface area contributed by atoms with Crippen LogP contribution in [-0.2, 0) is 16.6 Å². The third kappa shape index (κ3) is 4.01. The lowest BCUT2D eigenvalue weighted by Gasteiger charge is -2.20. The van der Waals surface area contributed by atoms with Crippen LogP contribution in [0.1, 0.15) is 16.1 Å². The molecule has 3 N–H and O–H groups in total. The number of amides is 1. The molecule has 1 aromatic carbocycles. The van der Waals surface area contributed by atoms with Gasteiger partial charge in [0, 0.05) is 28.2 Å². The Morgan fingerprint density at radius 3 is 2.40 bits per heavy atom. The monoisotopic (exact) mass is 366 g/mol. The van der Waals surface area contributed by atoms with Crippen molar-refractivity contribution in [2.24, 2.45) is 5.73 Å². The molecule has 1 aromatic heterocycles. The molecule has 0 aliphatic heterocycles. The fraction of sp³-hybridized carbons (Fsp3) is 0.312. The molecule has 2 rings (SSSR count). The predicted octanol–water partition coefficient (Wildman–Crippen LogP) is 1.31. The number of nitrogens with one attached hydrogen (secondary N) is 1. The Hall–Kier alpha value is -2.36. The molecule has 0 unspecified atom stereocenters. The van der Waals surface area contributed by atoms with Crippen LogP contribution in [0.25, 0.3) is 0 Å². The van der Waals surface area contributed by atoms with Gasteiger partial charge in [-0.15, -0.1) is 0 Å². The van der Waals surface area contributed by atoms with Gasteiger partial charge < -0.3 is 20.4 Å². The van der Waals surface area contributed by atoms with Crippen LogP contribution in [0, 0.1) is 0 Å². The standard InChI is InChI=1S/C16H22N4O4S/c1-19(2)15-6-5-13(25(22,23)20(3)4)8-14(15)18-16(21)11-7-12(9-17)24-10-11/h5-8,10H,9,17H2,1-4H3,(H,18,21). The molecule has 0 spiro atoms. The largest absolute Gasteiger partial charge is 0.467 e. The highest BCUT2D eigenvalue weighted by Gasteiger charge is 2.20. The number of nitrogens with zero attached hydrogens (tertiary/aromatic N) is 2. The molecule has 0 saturated carbocycles. The van der Waals surface area contributed by atoms with Gasteiger partial charge in [-0.3, -0.25) is 4.79 Å². The van der Waals surface area contributed by atoms with Crippen molar-refractivity contribution in [3.05, 3.63) is 41.9 Å². The number of hydrogen-bond donors (Lipinski definition) is 2. The van der Waals surface area contributed by atoms with Crippen LogP contribution in [0.5, 0.6) is 0 Å². The van der Waals surface area contributed by atoms with Gasteiger partial charge in [0.2, 0.25) is 10.0 Å². The van der Waals surface area contributed by atoms with E-state index >= 15 is 0 Å². The van der Waals surface area contributed by atoms with Crippen LogP contribution < -0.4 is 16.0 Å². The Labute approximate surface area is 147 Å². The summed E-state index contributed by atoms with van der Waals surface area (Å²) in [7, 11) is 2.89. The second kappa shape index (κ2) is 7.26. The Morgan fingerprint density at radius 2 is 1.88 bits per heavy atom. The van der Waals surface area contributed by atoms with E-state index in [1.165, 1.54) is 32.5 Å². The summed E-state index contributed by atoms with van der Waals surface area (Å²) in [5.41, 5.74) is 6.84. The zero-order chi connectivity index (χ0) is 18.8. The quantitative estimate of drug-likeness (QED) is 0.798. The molecule has 0 atom stereocenters. The first-order valence-electron chi connectivity index (χ1n) is 7.49. The number of sulfonamides is 1. The fourth-order valence-corrected chi connectivity index (χ4v) is 3.11. The SMILES string of the molecule is CN(C)c1ccc(S(=O)(=O)N(C)C)cc1NC(=O)c1coc(CN)c1. The minimum atomic E-state index is -3.61. The van der Waals surface area contributed by atoms with E-state index in [-0.39, 0.29) is 11.4 Å². The maximum absolute atomic E-state index is 12.4. The first-order chi connectivity index (χ1) is 11.7. The predicted molar refractivity (Wildman–Crippen MR) is 96.2 cm³/mol. The number of carbonyl (C=O) groups is 1. The molecule has 0 fully saturated rings. The molecule has 0 aliphatic carbocycles. The van der Waals surface area contributed by atoms with E-state index in [1.807, 2.05) is 0 Å². The van der Waals surface area contributed by atoms with Gasteiger partial charge in [0.1, 0.15) is 12.0 Å². The van der Waals surface area contributed by atoms with Crippen LogP contribution in [0.3, 0.4) is 0 Å². The average molecular weight is 366 g/mol. The van der Waals surface area contributed by atoms with Crippen LogP contribution in [-0.4, -0.2) is 46.8 Å². The number of anilines is 2. The van der Waals surface area contributed by atoms with Crippen molar-refractivity contribution in [1.82, 2.24) is 4.31 Å². The summed E-state index contributed by atoms with van der Waals surface area (Å²) < 4.78 is 30.9. The summed E-state index contributed by atoms with van der Waals surface area (Å²) in [6.45, 7) is 0.187. The molecule has 8 nitrogen and oxygen atoms in total. The van der Waals surface area contributed by atoms with Crippen molar-refractivity contribution in [2.45, 2.75) is 11.4 Å². The molecular weight excluding hydrogens is 344 g/mol. The normalized spacial score (nSPS) is 11.6. The average Bonchev–Trinajstić information content (AvgIpc) is 3.03. The second-order valence-electron chi connectivity index (χ2n) is 5.82. The zero-order valence-corrected chi connectivity index (χ0v) is 15.4. The highest BCUT2D eigenvalue weighted by Crippen LogP contribution is 2.29. The van der Waals surface area contributed by atoms with Gasteiger partial charge in [0.15, 0.2) is 0 Å². The summed E-state index contributed by atoms with van der Waals surface area (Å²) in [6.07, 6.45) is 1.31. The lowest BCUT2D eigenvalue weighted by molar-refractivity contribution is 0.102. The van der Waals surface area contributed by atoms with Crippen molar-refractivity contribution < 1.29 is 17.6 Å². The summed E-state index contributed by atoms with van der Waals surface area (Å²) in [5, 5.41) is 2.73. The first-order valence-corrected chi connectivity index (χ1v) is 8.93. The van der Waals surface area contributed by atoms with Gasteiger partial charge in [-0.05, 0) is 24.3 Å². The van der Waals surface area contributed by atoms with Crippen molar-refractivity contribution in [3.63, 3.8) is 0 Å². The van der Waals surface area contributed by atoms with E-state index in [2.05, 4.69) is 5.32 Å². The Morgan fingerprint density at radius 1 is 1.20 bits per heavy atom. The van der Waals surface area contributed by atoms with E-state index in [4.69, 9.17) is 10.2 Å². The molecular formula is C16H22N4O4S. The molecule has 9 heteroatoms. The van der Waals surface area contributed by atoms with Crippen LogP contribution in [0.2, 0.25) is 0 Å². The van der Waals surface area contributed by atoms with Gasteiger partial charge in [-0.1, -0.05) is 0 Å². The topological polar surface area (TPSA) is 109 Å². The Balaban J connectivity index is 2.41. The van der Waals surface area contributed by atoms with E-state index < -0.39 is 15.9 Å². The van der Waals surface area contributed by atoms with E-state index in [0.29, 0.717) is 22.7 Å². The lowest BCUT2D eigenvalue weighted by Crippen LogP contribution is -2.23. The van der Waals surface area contributed by atoms with Crippen molar-refractivity contribution in [3.8, 4) is 0 Å². The number of rotatable bonds is 6. The van der Waals surface area contributed by atoms with E-state index in [0.717, 1.165) is 4.31 Å². The lowest BCUT2D eigenvalue weighted by atomic mass is 10.2. The highest BCUT2D eigenvalue weighted by molar-refractivity contribution is 7.89. The van der Waals surface area contributed by atoms with E-state index in [9.17, 15) is 13.2 Å². The minimum Gasteiger partial charge on any atom is -0.467 e. The Kier molecular flexibility index (Phi) is 5.51. The van der Waals surface area contributed by atoms with Gasteiger partial charge in [0.05, 0.1) is 28.4 Å². The van der Waals surface area contributed by atoms with Crippen LogP contribution >= 0.6 is 0 Å². The minimum absolute atomic E-state index is 0.0910. The van der Waals surface area contributed by atoms with Crippen molar-refractivity contribution >= 4 is 27.3 Å². The fourth-order valence-electron chi connectivity index (χ4n) is 2.18. The smallest absolute Gasteiger partial charge is 0.258 e. The highest BCUT2D eigenvalue weighted by atomic mass is 32.2. The van der Waals surface area contributed by atoms with Crippen LogP contribution in [0.15, 0.2) is 39.8 Å². The van der Waals surface area contributed by atoms with Gasteiger partial charge >= 0.3 is 0 Å². The third-order valence-corrected chi connectivity index (χ3v) is 5.40. The number of benzene rings is 1. The molecule has 25 heavy (non-hydrogen) atoms. The molecule has 136 valence electrons. The van der Waals surface area contributed by atoms with Crippen LogP contribution in [0.4, 0.5) is 11.4 Å². The molecule has 2 aromatic rings. The molecule has 0 radical (unpaired) electrons. The molecule has 1 amide bonds. The maximum Gasteiger partial charge on any atom is 0.258 e. The summed E-state index contributed by atoms with van der Waals surface area (Å²) >= 11 is 0. The molecule has 1 heterocycles. The second-order valence-corrected chi connectivity index (χ2v) is 7.97. The van der Waals surface area contributed by atoms with Crippen molar-refractivity contribution in [2.75, 3.05) is 38.4 Å². The van der Waals surface area contributed by atoms with Crippen molar-refractivity contribution in [1.29, 1.82) is 0 Å². The number of nitrogens with two attached hydrogens (primary N) is 1. The first kappa shape index (κ1) is 19.0. The molecule has 0 saturated heterocycles. The molecule has 0 aliphatic rings. The number of furan rings is 1. The summed E-state index contributed by atoms with van der Waals surface area (Å²) in [4.78, 5) is 14.3. The summed E-state index contributed by atoms with van der Waals surface area (Å²) in [5.74, 6) is 0.0767. The summed E-state index contributed by atoms with van der Waals surface area (Å²) in [6, 6.07) is 6.13. The number of carbonyl (C=O) groups excluding carboxylic acids is 1. The zero-order valence-electron chi connectivity index (χ0n) is 14.6. The van der Waals surface area contributed by atoms with Gasteiger partial charge in [-0.2, -0.15) is 0 Å². The number of hydrogen-bond acceptors (Lipinski definition) is 6. The third-order valence-electron chi connectivity index (χ3n) is 3.59. The van der Waals surface area contributed by atoms with Gasteiger partial charge in [-0.25, -0.2) is 12.7 Å². The van der Waals surface area contributed by atoms with Gasteiger partial charge in [0.25, 0.3) is 5.91 Å². The maximum atomic E-state index is 12.4. The molecule has 0 bridgehead atoms. The Bertz CT molecular complexity index is 872. The van der Waals surface area contributed by atoms with E-state index in [1.54, 1.807) is 31.1 Å².